The molecule has 0 fully saturated rings. The van der Waals surface area contributed by atoms with E-state index in [0.29, 0.717) is 97.8 Å². The van der Waals surface area contributed by atoms with E-state index in [0.717, 1.165) is 18.4 Å². The molecule has 2 aromatic rings. The number of nitrogens with zero attached hydrogens (tertiary/aromatic N) is 8. The van der Waals surface area contributed by atoms with Gasteiger partial charge in [0.15, 0.2) is 5.69 Å². The van der Waals surface area contributed by atoms with Crippen molar-refractivity contribution in [2.45, 2.75) is 71.5 Å². The molecule has 79 heavy (non-hydrogen) atoms. The third kappa shape index (κ3) is 34.6. The number of azide groups is 2. The molecule has 0 aliphatic rings. The standard InChI is InChI=1S/C51H85N13O15/c1-5-6-9-20-64-43-11-8-7-10-41(43)46(61-64)49(68)60-47(51(2,3)4)50(69)56-17-24-73-28-27-70-21-14-45(66)59-42(48(67)55-16-23-72-30-34-77-38-40-79-36-32-75-26-19-58-63-53)12-13-44(65)54-15-22-71-29-33-76-37-39-78-35-31-74-25-18-57-62-52/h5,7-8,10-11,42,47H,1,6,9,12-40H2,2-4H3,(H,54,65)(H,55,67)(H,56,69)(H,59,66)(H,60,68)/t42-,47+/m0/s1. The number of benzene rings is 1. The van der Waals surface area contributed by atoms with Gasteiger partial charge in [-0.15, -0.1) is 6.58 Å². The van der Waals surface area contributed by atoms with E-state index in [1.165, 1.54) is 0 Å². The molecule has 0 aliphatic heterocycles. The lowest BCUT2D eigenvalue weighted by atomic mass is 9.86. The molecule has 1 heterocycles. The van der Waals surface area contributed by atoms with Crippen LogP contribution < -0.4 is 26.6 Å². The fraction of sp³-hybridized carbons (Fsp3) is 0.725. The highest BCUT2D eigenvalue weighted by Crippen LogP contribution is 2.23. The van der Waals surface area contributed by atoms with Gasteiger partial charge >= 0.3 is 0 Å². The first-order valence-corrected chi connectivity index (χ1v) is 26.7. The molecule has 0 aliphatic carbocycles. The molecule has 2 atom stereocenters. The second kappa shape index (κ2) is 45.8. The fourth-order valence-electron chi connectivity index (χ4n) is 6.92. The summed E-state index contributed by atoms with van der Waals surface area (Å²) in [5, 5.41) is 26.0. The largest absolute Gasteiger partial charge is 0.379 e. The van der Waals surface area contributed by atoms with Crippen LogP contribution in [-0.2, 0) is 73.1 Å². The highest BCUT2D eigenvalue weighted by Gasteiger charge is 2.34. The van der Waals surface area contributed by atoms with Crippen LogP contribution in [-0.4, -0.2) is 216 Å². The Morgan fingerprint density at radius 2 is 1.06 bits per heavy atom. The number of hydrogen-bond acceptors (Lipinski definition) is 18. The summed E-state index contributed by atoms with van der Waals surface area (Å²) in [6, 6.07) is 5.61. The zero-order valence-electron chi connectivity index (χ0n) is 46.4. The number of amides is 5. The van der Waals surface area contributed by atoms with E-state index in [1.54, 1.807) is 4.68 Å². The van der Waals surface area contributed by atoms with Crippen molar-refractivity contribution in [1.29, 1.82) is 0 Å². The van der Waals surface area contributed by atoms with Crippen LogP contribution in [0.1, 0.15) is 63.4 Å². The van der Waals surface area contributed by atoms with Gasteiger partial charge in [0.05, 0.1) is 138 Å². The van der Waals surface area contributed by atoms with Gasteiger partial charge in [0, 0.05) is 67.3 Å². The molecule has 5 N–H and O–H groups in total. The average molecular weight is 1120 g/mol. The number of aryl methyl sites for hydroxylation is 1. The van der Waals surface area contributed by atoms with Crippen LogP contribution in [0.3, 0.4) is 0 Å². The third-order valence-corrected chi connectivity index (χ3v) is 10.9. The number of carbonyl (C=O) groups excluding carboxylic acids is 5. The van der Waals surface area contributed by atoms with Gasteiger partial charge < -0.3 is 74.0 Å². The molecule has 0 saturated carbocycles. The van der Waals surface area contributed by atoms with E-state index in [9.17, 15) is 24.0 Å². The lowest BCUT2D eigenvalue weighted by molar-refractivity contribution is -0.130. The minimum absolute atomic E-state index is 0.0219. The predicted molar refractivity (Wildman–Crippen MR) is 291 cm³/mol. The molecule has 2 rings (SSSR count). The maximum absolute atomic E-state index is 13.6. The number of unbranched alkanes of at least 4 members (excludes halogenated alkanes) is 1. The molecule has 1 aromatic carbocycles. The molecule has 0 unspecified atom stereocenters. The summed E-state index contributed by atoms with van der Waals surface area (Å²) in [5.41, 5.74) is 17.0. The van der Waals surface area contributed by atoms with Gasteiger partial charge in [0.1, 0.15) is 12.1 Å². The molecule has 0 bridgehead atoms. The summed E-state index contributed by atoms with van der Waals surface area (Å²) < 4.78 is 56.4. The van der Waals surface area contributed by atoms with Crippen LogP contribution in [0, 0.1) is 5.41 Å². The van der Waals surface area contributed by atoms with Gasteiger partial charge in [-0.2, -0.15) is 5.10 Å². The quantitative estimate of drug-likeness (QED) is 0.0209. The zero-order valence-corrected chi connectivity index (χ0v) is 46.4. The maximum atomic E-state index is 13.6. The van der Waals surface area contributed by atoms with Gasteiger partial charge in [-0.05, 0) is 41.8 Å². The lowest BCUT2D eigenvalue weighted by Gasteiger charge is -2.30. The number of hydrogen-bond donors (Lipinski definition) is 5. The number of carbonyl (C=O) groups is 5. The summed E-state index contributed by atoms with van der Waals surface area (Å²) in [7, 11) is 0. The summed E-state index contributed by atoms with van der Waals surface area (Å²) in [6.07, 6.45) is 3.38. The van der Waals surface area contributed by atoms with Crippen LogP contribution >= 0.6 is 0 Å². The number of nitrogens with one attached hydrogen (secondary N) is 5. The normalized spacial score (nSPS) is 12.0. The van der Waals surface area contributed by atoms with E-state index in [1.807, 2.05) is 51.1 Å². The Labute approximate surface area is 462 Å². The van der Waals surface area contributed by atoms with Gasteiger partial charge in [0.2, 0.25) is 23.6 Å². The van der Waals surface area contributed by atoms with Gasteiger partial charge in [-0.25, -0.2) is 0 Å². The molecule has 28 heteroatoms. The van der Waals surface area contributed by atoms with Crippen molar-refractivity contribution in [3.8, 4) is 0 Å². The minimum Gasteiger partial charge on any atom is -0.379 e. The number of ether oxygens (including phenoxy) is 10. The monoisotopic (exact) mass is 1120 g/mol. The second-order valence-corrected chi connectivity index (χ2v) is 18.2. The van der Waals surface area contributed by atoms with Crippen LogP contribution in [0.4, 0.5) is 0 Å². The van der Waals surface area contributed by atoms with Crippen molar-refractivity contribution in [2.24, 2.45) is 15.6 Å². The molecule has 444 valence electrons. The summed E-state index contributed by atoms with van der Waals surface area (Å²) >= 11 is 0. The van der Waals surface area contributed by atoms with Crippen LogP contribution in [0.2, 0.25) is 0 Å². The van der Waals surface area contributed by atoms with Crippen LogP contribution in [0.25, 0.3) is 31.8 Å². The number of fused-ring (bicyclic) bond motifs is 1. The van der Waals surface area contributed by atoms with E-state index in [-0.39, 0.29) is 116 Å². The van der Waals surface area contributed by atoms with Gasteiger partial charge in [0.25, 0.3) is 5.91 Å². The molecule has 0 spiro atoms. The number of para-hydroxylation sites is 1. The minimum atomic E-state index is -1.02. The summed E-state index contributed by atoms with van der Waals surface area (Å²) in [6.45, 7) is 16.9. The number of allylic oxidation sites excluding steroid dienone is 1. The average Bonchev–Trinajstić information content (AvgIpc) is 3.97. The number of aromatic nitrogens is 2. The first-order valence-electron chi connectivity index (χ1n) is 26.7. The first kappa shape index (κ1) is 69.1. The van der Waals surface area contributed by atoms with Crippen molar-refractivity contribution in [3.63, 3.8) is 0 Å². The zero-order chi connectivity index (χ0) is 57.4. The van der Waals surface area contributed by atoms with Crippen molar-refractivity contribution in [1.82, 2.24) is 36.4 Å². The summed E-state index contributed by atoms with van der Waals surface area (Å²) in [4.78, 5) is 71.2. The van der Waals surface area contributed by atoms with Crippen molar-refractivity contribution < 1.29 is 71.3 Å². The predicted octanol–water partition coefficient (Wildman–Crippen LogP) is 2.94. The Bertz CT molecular complexity index is 2120. The summed E-state index contributed by atoms with van der Waals surface area (Å²) in [5.74, 6) is -2.10. The van der Waals surface area contributed by atoms with Gasteiger partial charge in [-0.1, -0.05) is 55.3 Å². The topological polar surface area (TPSA) is 353 Å². The Hall–Kier alpha value is -6.00. The Kier molecular flexibility index (Phi) is 40.1. The highest BCUT2D eigenvalue weighted by molar-refractivity contribution is 6.06. The Morgan fingerprint density at radius 1 is 0.608 bits per heavy atom. The van der Waals surface area contributed by atoms with Crippen molar-refractivity contribution in [3.05, 3.63) is 63.5 Å². The molecule has 28 nitrogen and oxygen atoms in total. The Balaban J connectivity index is 1.72. The maximum Gasteiger partial charge on any atom is 0.273 e. The Morgan fingerprint density at radius 3 is 1.56 bits per heavy atom. The van der Waals surface area contributed by atoms with E-state index in [4.69, 9.17) is 58.4 Å². The van der Waals surface area contributed by atoms with Crippen LogP contribution in [0.5, 0.6) is 0 Å². The van der Waals surface area contributed by atoms with Crippen LogP contribution in [0.15, 0.2) is 47.1 Å². The van der Waals surface area contributed by atoms with Crippen molar-refractivity contribution >= 4 is 40.4 Å². The van der Waals surface area contributed by atoms with E-state index < -0.39 is 35.2 Å². The molecular formula is C51H85N13O15. The SMILES string of the molecule is C=CCCCn1nc(C(=O)N[C@H](C(=O)NCCOCCOCCC(=O)N[C@@H](CCC(=O)NCCOCCOCCOCCOCCN=[N+]=[N-])C(=O)NCCOCCOCCOCCOCCN=[N+]=[N-])C(C)(C)C)c2ccccc21. The van der Waals surface area contributed by atoms with Gasteiger partial charge in [-0.3, -0.25) is 28.7 Å². The molecule has 0 saturated heterocycles. The lowest BCUT2D eigenvalue weighted by Crippen LogP contribution is -2.54. The molecular weight excluding hydrogens is 1030 g/mol. The first-order chi connectivity index (χ1) is 38.4. The van der Waals surface area contributed by atoms with E-state index in [2.05, 4.69) is 58.3 Å². The smallest absolute Gasteiger partial charge is 0.273 e. The third-order valence-electron chi connectivity index (χ3n) is 10.9. The number of rotatable bonds is 51. The molecule has 0 radical (unpaired) electrons. The fourth-order valence-corrected chi connectivity index (χ4v) is 6.92. The molecule has 1 aromatic heterocycles. The van der Waals surface area contributed by atoms with E-state index >= 15 is 0 Å². The molecule has 5 amide bonds. The highest BCUT2D eigenvalue weighted by atomic mass is 16.6. The van der Waals surface area contributed by atoms with Crippen molar-refractivity contribution in [2.75, 3.05) is 165 Å². The second-order valence-electron chi connectivity index (χ2n) is 18.2.